The van der Waals surface area contributed by atoms with Crippen molar-refractivity contribution in [1.82, 2.24) is 10.2 Å². The van der Waals surface area contributed by atoms with Gasteiger partial charge in [-0.05, 0) is 50.6 Å². The standard InChI is InChI=1S/C19H28N2O5/c1-4-26-19(23)15-7-9-21(10-8-15)13-18(22)20-12-14-5-6-16(24-2)17(11-14)25-3/h5-6,11,15H,4,7-10,12-13H2,1-3H3,(H,20,22). The van der Waals surface area contributed by atoms with Crippen LogP contribution in [0, 0.1) is 5.92 Å². The highest BCUT2D eigenvalue weighted by Crippen LogP contribution is 2.27. The summed E-state index contributed by atoms with van der Waals surface area (Å²) in [5, 5.41) is 2.92. The second-order valence-corrected chi connectivity index (χ2v) is 6.27. The van der Waals surface area contributed by atoms with Crippen molar-refractivity contribution in [3.63, 3.8) is 0 Å². The number of nitrogens with zero attached hydrogens (tertiary/aromatic N) is 1. The molecule has 144 valence electrons. The van der Waals surface area contributed by atoms with Gasteiger partial charge in [0.1, 0.15) is 0 Å². The lowest BCUT2D eigenvalue weighted by Gasteiger charge is -2.30. The Hall–Kier alpha value is -2.28. The van der Waals surface area contributed by atoms with Gasteiger partial charge in [0.2, 0.25) is 5.91 Å². The van der Waals surface area contributed by atoms with Gasteiger partial charge in [0.05, 0.1) is 33.3 Å². The minimum absolute atomic E-state index is 0.0330. The molecule has 1 aliphatic heterocycles. The van der Waals surface area contributed by atoms with Crippen LogP contribution in [0.4, 0.5) is 0 Å². The molecule has 1 aromatic carbocycles. The van der Waals surface area contributed by atoms with Crippen molar-refractivity contribution in [3.05, 3.63) is 23.8 Å². The smallest absolute Gasteiger partial charge is 0.309 e. The van der Waals surface area contributed by atoms with Crippen LogP contribution in [0.25, 0.3) is 0 Å². The molecule has 7 heteroatoms. The van der Waals surface area contributed by atoms with E-state index < -0.39 is 0 Å². The summed E-state index contributed by atoms with van der Waals surface area (Å²) in [6.45, 7) is 4.45. The first kappa shape index (κ1) is 20.0. The number of ether oxygens (including phenoxy) is 3. The molecule has 7 nitrogen and oxygen atoms in total. The summed E-state index contributed by atoms with van der Waals surface area (Å²) in [4.78, 5) is 26.0. The molecule has 0 aromatic heterocycles. The molecule has 26 heavy (non-hydrogen) atoms. The van der Waals surface area contributed by atoms with E-state index in [0.717, 1.165) is 31.5 Å². The first-order valence-corrected chi connectivity index (χ1v) is 8.94. The second kappa shape index (κ2) is 10.0. The lowest BCUT2D eigenvalue weighted by molar-refractivity contribution is -0.149. The zero-order valence-electron chi connectivity index (χ0n) is 15.7. The maximum absolute atomic E-state index is 12.2. The fourth-order valence-corrected chi connectivity index (χ4v) is 3.04. The molecule has 0 spiro atoms. The van der Waals surface area contributed by atoms with Gasteiger partial charge < -0.3 is 19.5 Å². The lowest BCUT2D eigenvalue weighted by Crippen LogP contribution is -2.42. The number of hydrogen-bond donors (Lipinski definition) is 1. The Morgan fingerprint density at radius 1 is 1.15 bits per heavy atom. The lowest BCUT2D eigenvalue weighted by atomic mass is 9.97. The number of esters is 1. The van der Waals surface area contributed by atoms with Crippen LogP contribution in [0.2, 0.25) is 0 Å². The molecule has 0 atom stereocenters. The number of benzene rings is 1. The molecule has 0 aliphatic carbocycles. The number of carbonyl (C=O) groups excluding carboxylic acids is 2. The third-order valence-corrected chi connectivity index (χ3v) is 4.51. The Labute approximate surface area is 154 Å². The van der Waals surface area contributed by atoms with Crippen LogP contribution in [0.15, 0.2) is 18.2 Å². The molecule has 1 N–H and O–H groups in total. The fourth-order valence-electron chi connectivity index (χ4n) is 3.04. The molecule has 1 heterocycles. The number of hydrogen-bond acceptors (Lipinski definition) is 6. The minimum Gasteiger partial charge on any atom is -0.493 e. The van der Waals surface area contributed by atoms with Crippen molar-refractivity contribution < 1.29 is 23.8 Å². The average Bonchev–Trinajstić information content (AvgIpc) is 2.66. The van der Waals surface area contributed by atoms with Gasteiger partial charge in [-0.25, -0.2) is 0 Å². The van der Waals surface area contributed by atoms with E-state index in [-0.39, 0.29) is 17.8 Å². The summed E-state index contributed by atoms with van der Waals surface area (Å²) in [5.74, 6) is 1.10. The van der Waals surface area contributed by atoms with Crippen molar-refractivity contribution >= 4 is 11.9 Å². The van der Waals surface area contributed by atoms with Crippen molar-refractivity contribution in [2.75, 3.05) is 40.5 Å². The van der Waals surface area contributed by atoms with E-state index in [1.807, 2.05) is 25.1 Å². The van der Waals surface area contributed by atoms with Crippen molar-refractivity contribution in [2.45, 2.75) is 26.3 Å². The molecule has 1 aliphatic rings. The average molecular weight is 364 g/mol. The quantitative estimate of drug-likeness (QED) is 0.706. The molecule has 0 radical (unpaired) electrons. The van der Waals surface area contributed by atoms with Crippen molar-refractivity contribution in [3.8, 4) is 11.5 Å². The summed E-state index contributed by atoms with van der Waals surface area (Å²) in [7, 11) is 3.17. The van der Waals surface area contributed by atoms with Gasteiger partial charge >= 0.3 is 5.97 Å². The molecule has 2 rings (SSSR count). The van der Waals surface area contributed by atoms with Crippen LogP contribution >= 0.6 is 0 Å². The van der Waals surface area contributed by atoms with Crippen LogP contribution in [-0.2, 0) is 20.9 Å². The SMILES string of the molecule is CCOC(=O)C1CCN(CC(=O)NCc2ccc(OC)c(OC)c2)CC1. The Bertz CT molecular complexity index is 612. The number of rotatable bonds is 8. The van der Waals surface area contributed by atoms with Gasteiger partial charge in [-0.15, -0.1) is 0 Å². The van der Waals surface area contributed by atoms with Gasteiger partial charge in [0, 0.05) is 6.54 Å². The molecular weight excluding hydrogens is 336 g/mol. The largest absolute Gasteiger partial charge is 0.493 e. The molecule has 1 fully saturated rings. The highest BCUT2D eigenvalue weighted by atomic mass is 16.5. The van der Waals surface area contributed by atoms with E-state index in [1.54, 1.807) is 14.2 Å². The van der Waals surface area contributed by atoms with Gasteiger partial charge in [-0.2, -0.15) is 0 Å². The molecule has 1 amide bonds. The van der Waals surface area contributed by atoms with Crippen LogP contribution < -0.4 is 14.8 Å². The van der Waals surface area contributed by atoms with Crippen LogP contribution in [-0.4, -0.2) is 57.2 Å². The monoisotopic (exact) mass is 364 g/mol. The van der Waals surface area contributed by atoms with Gasteiger partial charge in [-0.1, -0.05) is 6.07 Å². The summed E-state index contributed by atoms with van der Waals surface area (Å²) in [5.41, 5.74) is 0.942. The number of amides is 1. The molecule has 0 bridgehead atoms. The third-order valence-electron chi connectivity index (χ3n) is 4.51. The van der Waals surface area contributed by atoms with E-state index in [1.165, 1.54) is 0 Å². The highest BCUT2D eigenvalue weighted by molar-refractivity contribution is 5.78. The second-order valence-electron chi connectivity index (χ2n) is 6.27. The highest BCUT2D eigenvalue weighted by Gasteiger charge is 2.26. The number of piperidine rings is 1. The Kier molecular flexibility index (Phi) is 7.72. The van der Waals surface area contributed by atoms with E-state index >= 15 is 0 Å². The van der Waals surface area contributed by atoms with E-state index in [4.69, 9.17) is 14.2 Å². The first-order chi connectivity index (χ1) is 12.6. The predicted octanol–water partition coefficient (Wildman–Crippen LogP) is 1.60. The number of likely N-dealkylation sites (tertiary alicyclic amines) is 1. The van der Waals surface area contributed by atoms with Gasteiger partial charge in [-0.3, -0.25) is 14.5 Å². The molecule has 0 unspecified atom stereocenters. The molecular formula is C19H28N2O5. The zero-order chi connectivity index (χ0) is 18.9. The van der Waals surface area contributed by atoms with E-state index in [9.17, 15) is 9.59 Å². The fraction of sp³-hybridized carbons (Fsp3) is 0.579. The number of nitrogens with one attached hydrogen (secondary N) is 1. The van der Waals surface area contributed by atoms with Crippen LogP contribution in [0.5, 0.6) is 11.5 Å². The Morgan fingerprint density at radius 3 is 2.46 bits per heavy atom. The Morgan fingerprint density at radius 2 is 1.85 bits per heavy atom. The van der Waals surface area contributed by atoms with Gasteiger partial charge in [0.25, 0.3) is 0 Å². The molecule has 1 saturated heterocycles. The summed E-state index contributed by atoms with van der Waals surface area (Å²) >= 11 is 0. The topological polar surface area (TPSA) is 77.1 Å². The van der Waals surface area contributed by atoms with Crippen molar-refractivity contribution in [2.24, 2.45) is 5.92 Å². The normalized spacial score (nSPS) is 15.3. The predicted molar refractivity (Wildman–Crippen MR) is 97.2 cm³/mol. The summed E-state index contributed by atoms with van der Waals surface area (Å²) in [6.07, 6.45) is 1.48. The number of methoxy groups -OCH3 is 2. The summed E-state index contributed by atoms with van der Waals surface area (Å²) < 4.78 is 15.5. The Balaban J connectivity index is 1.75. The van der Waals surface area contributed by atoms with E-state index in [2.05, 4.69) is 10.2 Å². The van der Waals surface area contributed by atoms with Crippen LogP contribution in [0.3, 0.4) is 0 Å². The third kappa shape index (κ3) is 5.62. The molecule has 1 aromatic rings. The zero-order valence-corrected chi connectivity index (χ0v) is 15.7. The maximum atomic E-state index is 12.2. The first-order valence-electron chi connectivity index (χ1n) is 8.94. The minimum atomic E-state index is -0.120. The summed E-state index contributed by atoms with van der Waals surface area (Å²) in [6, 6.07) is 5.57. The molecule has 0 saturated carbocycles. The van der Waals surface area contributed by atoms with Gasteiger partial charge in [0.15, 0.2) is 11.5 Å². The number of carbonyl (C=O) groups is 2. The van der Waals surface area contributed by atoms with Crippen LogP contribution in [0.1, 0.15) is 25.3 Å². The van der Waals surface area contributed by atoms with E-state index in [0.29, 0.717) is 31.2 Å². The maximum Gasteiger partial charge on any atom is 0.309 e. The van der Waals surface area contributed by atoms with Crippen molar-refractivity contribution in [1.29, 1.82) is 0 Å².